The summed E-state index contributed by atoms with van der Waals surface area (Å²) in [5.41, 5.74) is 0.547. The van der Waals surface area contributed by atoms with Crippen molar-refractivity contribution >= 4 is 29.8 Å². The highest BCUT2D eigenvalue weighted by Crippen LogP contribution is 2.40. The van der Waals surface area contributed by atoms with Gasteiger partial charge in [-0.15, -0.1) is 0 Å². The van der Waals surface area contributed by atoms with E-state index >= 15 is 0 Å². The van der Waals surface area contributed by atoms with E-state index in [0.29, 0.717) is 10.9 Å². The lowest BCUT2D eigenvalue weighted by Gasteiger charge is -2.09. The molecule has 0 bridgehead atoms. The second kappa shape index (κ2) is 6.30. The second-order valence-corrected chi connectivity index (χ2v) is 6.21. The zero-order valence-corrected chi connectivity index (χ0v) is 12.6. The Labute approximate surface area is 121 Å². The molecule has 0 saturated carbocycles. The highest BCUT2D eigenvalue weighted by Gasteiger charge is 2.28. The lowest BCUT2D eigenvalue weighted by Crippen LogP contribution is -2.42. The molecule has 0 saturated heterocycles. The Morgan fingerprint density at radius 1 is 1.38 bits per heavy atom. The largest absolute Gasteiger partial charge is 0.469 e. The summed E-state index contributed by atoms with van der Waals surface area (Å²) in [4.78, 5) is 21.1. The first-order valence-corrected chi connectivity index (χ1v) is 7.81. The Kier molecular flexibility index (Phi) is 4.67. The highest BCUT2D eigenvalue weighted by atomic mass is 31.2. The molecule has 1 aromatic carbocycles. The van der Waals surface area contributed by atoms with Crippen LogP contribution in [0.5, 0.6) is 0 Å². The number of esters is 1. The molecule has 1 aromatic heterocycles. The number of benzene rings is 1. The first-order valence-electron chi connectivity index (χ1n) is 6.23. The Hall–Kier alpha value is -1.82. The van der Waals surface area contributed by atoms with Gasteiger partial charge in [0.25, 0.3) is 0 Å². The van der Waals surface area contributed by atoms with Gasteiger partial charge in [0.2, 0.25) is 6.20 Å². The van der Waals surface area contributed by atoms with Gasteiger partial charge < -0.3 is 14.2 Å². The van der Waals surface area contributed by atoms with Crippen molar-refractivity contribution in [1.82, 2.24) is 5.10 Å². The molecule has 1 atom stereocenters. The van der Waals surface area contributed by atoms with Crippen molar-refractivity contribution in [2.24, 2.45) is 0 Å². The van der Waals surface area contributed by atoms with Gasteiger partial charge in [0, 0.05) is 17.6 Å². The molecular weight excluding hydrogens is 295 g/mol. The van der Waals surface area contributed by atoms with Gasteiger partial charge in [-0.2, -0.15) is 0 Å². The van der Waals surface area contributed by atoms with Gasteiger partial charge in [-0.25, -0.2) is 0 Å². The van der Waals surface area contributed by atoms with E-state index in [1.165, 1.54) is 25.1 Å². The summed E-state index contributed by atoms with van der Waals surface area (Å²) in [6.45, 7) is 0.244. The minimum Gasteiger partial charge on any atom is -0.469 e. The van der Waals surface area contributed by atoms with E-state index in [9.17, 15) is 14.3 Å². The Balaban J connectivity index is 2.50. The van der Waals surface area contributed by atoms with Gasteiger partial charge in [0.15, 0.2) is 6.54 Å². The minimum absolute atomic E-state index is 0.120. The Bertz CT molecular complexity index is 719. The Morgan fingerprint density at radius 2 is 2.10 bits per heavy atom. The van der Waals surface area contributed by atoms with Gasteiger partial charge in [-0.3, -0.25) is 9.36 Å². The normalized spacial score (nSPS) is 13.9. The van der Waals surface area contributed by atoms with Gasteiger partial charge in [0.1, 0.15) is 17.2 Å². The molecule has 0 fully saturated rings. The maximum Gasteiger partial charge on any atom is 0.365 e. The van der Waals surface area contributed by atoms with Crippen molar-refractivity contribution in [3.8, 4) is 0 Å². The van der Waals surface area contributed by atoms with Crippen molar-refractivity contribution in [2.75, 3.05) is 14.2 Å². The zero-order valence-electron chi connectivity index (χ0n) is 11.7. The van der Waals surface area contributed by atoms with Gasteiger partial charge in [-0.1, -0.05) is 22.9 Å². The van der Waals surface area contributed by atoms with E-state index in [2.05, 4.69) is 9.84 Å². The van der Waals surface area contributed by atoms with Gasteiger partial charge in [-0.05, 0) is 6.07 Å². The molecule has 2 rings (SSSR count). The molecule has 7 nitrogen and oxygen atoms in total. The fraction of sp³-hybridized carbons (Fsp3) is 0.308. The fourth-order valence-electron chi connectivity index (χ4n) is 1.90. The summed E-state index contributed by atoms with van der Waals surface area (Å²) < 4.78 is 22.9. The number of rotatable bonds is 5. The molecule has 1 N–H and O–H groups in total. The molecule has 0 amide bonds. The lowest BCUT2D eigenvalue weighted by molar-refractivity contribution is -0.750. The van der Waals surface area contributed by atoms with Crippen molar-refractivity contribution < 1.29 is 28.2 Å². The van der Waals surface area contributed by atoms with Gasteiger partial charge in [0.05, 0.1) is 7.11 Å². The summed E-state index contributed by atoms with van der Waals surface area (Å²) >= 11 is 0. The molecule has 0 aliphatic heterocycles. The standard InChI is InChI=1S/C13H15N2O5P/c1-19-13(16)7-8-15-9-12(21(17,18)20-2)10-5-3-4-6-11(10)14-15/h3-6,9H,7-8H2,1-2H3/p+1. The quantitative estimate of drug-likeness (QED) is 0.492. The number of hydrogen-bond acceptors (Lipinski definition) is 5. The van der Waals surface area contributed by atoms with Crippen LogP contribution in [-0.2, 0) is 25.2 Å². The van der Waals surface area contributed by atoms with Crippen LogP contribution >= 0.6 is 7.60 Å². The number of nitrogens with zero attached hydrogens (tertiary/aromatic N) is 2. The van der Waals surface area contributed by atoms with Crippen LogP contribution in [-0.4, -0.2) is 30.2 Å². The number of aromatic nitrogens is 2. The van der Waals surface area contributed by atoms with Crippen molar-refractivity contribution in [3.63, 3.8) is 0 Å². The van der Waals surface area contributed by atoms with Crippen LogP contribution in [0.1, 0.15) is 6.42 Å². The molecule has 0 aliphatic rings. The summed E-state index contributed by atoms with van der Waals surface area (Å²) in [5.74, 6) is -0.377. The molecule has 1 heterocycles. The van der Waals surface area contributed by atoms with Crippen molar-refractivity contribution in [3.05, 3.63) is 30.5 Å². The highest BCUT2D eigenvalue weighted by molar-refractivity contribution is 7.61. The molecule has 112 valence electrons. The molecule has 0 radical (unpaired) electrons. The fourth-order valence-corrected chi connectivity index (χ4v) is 2.87. The maximum atomic E-state index is 12.1. The van der Waals surface area contributed by atoms with Crippen LogP contribution in [0.4, 0.5) is 0 Å². The van der Waals surface area contributed by atoms with E-state index in [1.54, 1.807) is 24.3 Å². The lowest BCUT2D eigenvalue weighted by atomic mass is 10.2. The first kappa shape index (κ1) is 15.6. The summed E-state index contributed by atoms with van der Waals surface area (Å²) in [5, 5.41) is 5.01. The SMILES string of the molecule is COC(=O)CC[n+]1cc(P(=O)(O)OC)c2ccccc2n1. The third-order valence-electron chi connectivity index (χ3n) is 3.01. The summed E-state index contributed by atoms with van der Waals surface area (Å²) in [7, 11) is -1.45. The van der Waals surface area contributed by atoms with Crippen LogP contribution in [0.25, 0.3) is 10.9 Å². The van der Waals surface area contributed by atoms with E-state index in [4.69, 9.17) is 4.52 Å². The van der Waals surface area contributed by atoms with E-state index < -0.39 is 7.60 Å². The second-order valence-electron chi connectivity index (χ2n) is 4.32. The minimum atomic E-state index is -3.93. The predicted molar refractivity (Wildman–Crippen MR) is 75.0 cm³/mol. The third-order valence-corrected chi connectivity index (χ3v) is 4.47. The Morgan fingerprint density at radius 3 is 2.76 bits per heavy atom. The number of hydrogen-bond donors (Lipinski definition) is 1. The smallest absolute Gasteiger partial charge is 0.365 e. The monoisotopic (exact) mass is 311 g/mol. The number of carbonyl (C=O) groups is 1. The molecule has 2 aromatic rings. The first-order chi connectivity index (χ1) is 9.97. The van der Waals surface area contributed by atoms with E-state index in [0.717, 1.165) is 0 Å². The van der Waals surface area contributed by atoms with Crippen LogP contribution in [0.15, 0.2) is 30.5 Å². The number of ether oxygens (including phenoxy) is 1. The number of methoxy groups -OCH3 is 1. The molecule has 8 heteroatoms. The molecule has 1 unspecified atom stereocenters. The molecule has 0 aliphatic carbocycles. The molecule has 0 spiro atoms. The zero-order chi connectivity index (χ0) is 15.5. The average Bonchev–Trinajstić information content (AvgIpc) is 2.51. The van der Waals surface area contributed by atoms with E-state index in [-0.39, 0.29) is 24.2 Å². The third kappa shape index (κ3) is 3.44. The summed E-state index contributed by atoms with van der Waals surface area (Å²) in [6, 6.07) is 6.95. The van der Waals surface area contributed by atoms with Crippen molar-refractivity contribution in [2.45, 2.75) is 13.0 Å². The van der Waals surface area contributed by atoms with Crippen LogP contribution < -0.4 is 9.99 Å². The van der Waals surface area contributed by atoms with Crippen molar-refractivity contribution in [1.29, 1.82) is 0 Å². The van der Waals surface area contributed by atoms with Gasteiger partial charge >= 0.3 is 13.6 Å². The number of carbonyl (C=O) groups excluding carboxylic acids is 1. The predicted octanol–water partition coefficient (Wildman–Crippen LogP) is 0.542. The van der Waals surface area contributed by atoms with Crippen LogP contribution in [0, 0.1) is 0 Å². The summed E-state index contributed by atoms with van der Waals surface area (Å²) in [6.07, 6.45) is 1.55. The average molecular weight is 311 g/mol. The van der Waals surface area contributed by atoms with E-state index in [1.807, 2.05) is 0 Å². The molecular formula is C13H16N2O5P+. The van der Waals surface area contributed by atoms with Crippen LogP contribution in [0.2, 0.25) is 0 Å². The number of aryl methyl sites for hydroxylation is 1. The number of fused-ring (bicyclic) bond motifs is 1. The molecule has 21 heavy (non-hydrogen) atoms. The topological polar surface area (TPSA) is 89.6 Å². The maximum absolute atomic E-state index is 12.1. The van der Waals surface area contributed by atoms with Crippen LogP contribution in [0.3, 0.4) is 0 Å².